The fraction of sp³-hybridized carbons (Fsp3) is 0.179. The number of hydrogen-bond acceptors (Lipinski definition) is 7. The third kappa shape index (κ3) is 4.42. The zero-order chi connectivity index (χ0) is 24.2. The Hall–Kier alpha value is -3.97. The Morgan fingerprint density at radius 3 is 1.91 bits per heavy atom. The quantitative estimate of drug-likeness (QED) is 0.239. The second kappa shape index (κ2) is 10.1. The fourth-order valence-corrected chi connectivity index (χ4v) is 4.67. The van der Waals surface area contributed by atoms with Crippen molar-refractivity contribution in [3.8, 4) is 50.9 Å². The Morgan fingerprint density at radius 2 is 1.29 bits per heavy atom. The molecule has 5 aromatic rings. The van der Waals surface area contributed by atoms with E-state index in [1.807, 2.05) is 86.6 Å². The highest BCUT2D eigenvalue weighted by atomic mass is 32.1. The van der Waals surface area contributed by atoms with E-state index >= 15 is 0 Å². The smallest absolute Gasteiger partial charge is 0.131 e. The summed E-state index contributed by atoms with van der Waals surface area (Å²) in [5.74, 6) is 2.38. The maximum Gasteiger partial charge on any atom is 0.131 e. The second-order valence-electron chi connectivity index (χ2n) is 7.76. The van der Waals surface area contributed by atoms with Crippen molar-refractivity contribution in [1.82, 2.24) is 13.7 Å². The molecule has 2 aromatic heterocycles. The average Bonchev–Trinajstić information content (AvgIpc) is 3.39. The van der Waals surface area contributed by atoms with Gasteiger partial charge in [-0.25, -0.2) is 4.98 Å². The number of nitrogens with zero attached hydrogens (tertiary/aromatic N) is 3. The number of para-hydroxylation sites is 1. The first-order valence-corrected chi connectivity index (χ1v) is 12.2. The highest BCUT2D eigenvalue weighted by Gasteiger charge is 2.23. The molecule has 35 heavy (non-hydrogen) atoms. The Morgan fingerprint density at radius 1 is 0.686 bits per heavy atom. The number of hydrogen-bond donors (Lipinski definition) is 0. The summed E-state index contributed by atoms with van der Waals surface area (Å²) in [5, 5.41) is 0. The summed E-state index contributed by atoms with van der Waals surface area (Å²) < 4.78 is 26.4. The average molecular weight is 484 g/mol. The summed E-state index contributed by atoms with van der Waals surface area (Å²) in [7, 11) is 1.67. The monoisotopic (exact) mass is 483 g/mol. The molecule has 0 bridgehead atoms. The Kier molecular flexibility index (Phi) is 6.59. The van der Waals surface area contributed by atoms with Crippen molar-refractivity contribution in [3.05, 3.63) is 72.8 Å². The summed E-state index contributed by atoms with van der Waals surface area (Å²) in [6.45, 7) is 5.18. The van der Waals surface area contributed by atoms with Crippen LogP contribution in [0.5, 0.6) is 17.2 Å². The highest BCUT2D eigenvalue weighted by Crippen LogP contribution is 2.43. The topological polar surface area (TPSA) is 66.4 Å². The summed E-state index contributed by atoms with van der Waals surface area (Å²) >= 11 is 1.19. The van der Waals surface area contributed by atoms with Crippen LogP contribution in [0.15, 0.2) is 72.8 Å². The van der Waals surface area contributed by atoms with E-state index in [1.54, 1.807) is 7.11 Å². The number of pyridine rings is 1. The van der Waals surface area contributed by atoms with E-state index in [9.17, 15) is 0 Å². The molecular formula is C28H25N3O3S. The normalized spacial score (nSPS) is 10.9. The Balaban J connectivity index is 1.77. The van der Waals surface area contributed by atoms with Gasteiger partial charge >= 0.3 is 0 Å². The van der Waals surface area contributed by atoms with E-state index < -0.39 is 0 Å². The molecule has 0 saturated carbocycles. The molecule has 6 nitrogen and oxygen atoms in total. The predicted octanol–water partition coefficient (Wildman–Crippen LogP) is 6.89. The highest BCUT2D eigenvalue weighted by molar-refractivity contribution is 7.00. The number of aromatic nitrogens is 3. The van der Waals surface area contributed by atoms with E-state index in [1.165, 1.54) is 11.7 Å². The van der Waals surface area contributed by atoms with Crippen LogP contribution < -0.4 is 14.2 Å². The van der Waals surface area contributed by atoms with Crippen molar-refractivity contribution in [3.63, 3.8) is 0 Å². The first kappa shape index (κ1) is 22.8. The molecule has 0 atom stereocenters. The first-order valence-electron chi connectivity index (χ1n) is 11.5. The number of benzene rings is 3. The van der Waals surface area contributed by atoms with Crippen LogP contribution in [0, 0.1) is 0 Å². The Bertz CT molecular complexity index is 1450. The van der Waals surface area contributed by atoms with Gasteiger partial charge in [0.25, 0.3) is 0 Å². The molecule has 0 aliphatic rings. The second-order valence-corrected chi connectivity index (χ2v) is 8.29. The van der Waals surface area contributed by atoms with Crippen LogP contribution in [0.4, 0.5) is 0 Å². The van der Waals surface area contributed by atoms with Crippen LogP contribution in [0.1, 0.15) is 13.8 Å². The SMILES string of the molecule is CCOc1ccc(-c2nc(-c3ccccc3OC)c(-c3ccc(OCC)cc3)c3nsnc23)cc1. The van der Waals surface area contributed by atoms with E-state index in [-0.39, 0.29) is 0 Å². The van der Waals surface area contributed by atoms with Crippen molar-refractivity contribution in [1.29, 1.82) is 0 Å². The van der Waals surface area contributed by atoms with Gasteiger partial charge < -0.3 is 14.2 Å². The Labute approximate surface area is 208 Å². The minimum absolute atomic E-state index is 0.615. The van der Waals surface area contributed by atoms with Crippen LogP contribution in [-0.2, 0) is 0 Å². The zero-order valence-corrected chi connectivity index (χ0v) is 20.6. The van der Waals surface area contributed by atoms with E-state index in [0.717, 1.165) is 61.9 Å². The summed E-state index contributed by atoms with van der Waals surface area (Å²) in [6, 6.07) is 23.8. The van der Waals surface area contributed by atoms with Crippen molar-refractivity contribution in [2.75, 3.05) is 20.3 Å². The standard InChI is InChI=1S/C28H25N3O3S/c1-4-33-20-14-10-18(11-15-20)24-26(22-8-6-7-9-23(22)32-3)29-25(28-27(24)30-35-31-28)19-12-16-21(17-13-19)34-5-2/h6-17H,4-5H2,1-3H3. The summed E-state index contributed by atoms with van der Waals surface area (Å²) in [6.07, 6.45) is 0. The molecule has 0 amide bonds. The van der Waals surface area contributed by atoms with Crippen LogP contribution in [0.3, 0.4) is 0 Å². The lowest BCUT2D eigenvalue weighted by Gasteiger charge is -2.16. The molecule has 0 unspecified atom stereocenters. The lowest BCUT2D eigenvalue weighted by molar-refractivity contribution is 0.340. The molecular weight excluding hydrogens is 458 g/mol. The molecule has 2 heterocycles. The first-order chi connectivity index (χ1) is 17.2. The molecule has 0 fully saturated rings. The summed E-state index contributed by atoms with van der Waals surface area (Å²) in [5.41, 5.74) is 6.86. The van der Waals surface area contributed by atoms with Crippen LogP contribution >= 0.6 is 11.7 Å². The maximum absolute atomic E-state index is 5.71. The van der Waals surface area contributed by atoms with E-state index in [2.05, 4.69) is 4.37 Å². The fourth-order valence-electron chi connectivity index (χ4n) is 4.11. The molecule has 7 heteroatoms. The van der Waals surface area contributed by atoms with E-state index in [0.29, 0.717) is 13.2 Å². The van der Waals surface area contributed by atoms with Crippen molar-refractivity contribution >= 4 is 22.8 Å². The molecule has 0 N–H and O–H groups in total. The van der Waals surface area contributed by atoms with E-state index in [4.69, 9.17) is 23.6 Å². The molecule has 3 aromatic carbocycles. The molecule has 5 rings (SSSR count). The van der Waals surface area contributed by atoms with Gasteiger partial charge in [-0.1, -0.05) is 24.3 Å². The molecule has 0 aliphatic heterocycles. The number of ether oxygens (including phenoxy) is 3. The third-order valence-electron chi connectivity index (χ3n) is 5.66. The molecule has 0 aliphatic carbocycles. The molecule has 176 valence electrons. The largest absolute Gasteiger partial charge is 0.496 e. The number of rotatable bonds is 8. The maximum atomic E-state index is 5.71. The van der Waals surface area contributed by atoms with Gasteiger partial charge in [0, 0.05) is 16.7 Å². The van der Waals surface area contributed by atoms with Crippen LogP contribution in [0.25, 0.3) is 44.7 Å². The minimum atomic E-state index is 0.615. The van der Waals surface area contributed by atoms with Gasteiger partial charge in [-0.2, -0.15) is 8.75 Å². The third-order valence-corrected chi connectivity index (χ3v) is 6.19. The van der Waals surface area contributed by atoms with Gasteiger partial charge in [-0.3, -0.25) is 0 Å². The van der Waals surface area contributed by atoms with Gasteiger partial charge in [0.05, 0.1) is 37.7 Å². The summed E-state index contributed by atoms with van der Waals surface area (Å²) in [4.78, 5) is 5.19. The van der Waals surface area contributed by atoms with Gasteiger partial charge in [0.2, 0.25) is 0 Å². The van der Waals surface area contributed by atoms with Gasteiger partial charge in [0.1, 0.15) is 34.0 Å². The van der Waals surface area contributed by atoms with Gasteiger partial charge in [0.15, 0.2) is 0 Å². The molecule has 0 spiro atoms. The van der Waals surface area contributed by atoms with Crippen molar-refractivity contribution in [2.24, 2.45) is 0 Å². The number of fused-ring (bicyclic) bond motifs is 1. The zero-order valence-electron chi connectivity index (χ0n) is 19.8. The van der Waals surface area contributed by atoms with Crippen LogP contribution in [0.2, 0.25) is 0 Å². The predicted molar refractivity (Wildman–Crippen MR) is 140 cm³/mol. The molecule has 0 saturated heterocycles. The lowest BCUT2D eigenvalue weighted by atomic mass is 9.95. The minimum Gasteiger partial charge on any atom is -0.496 e. The van der Waals surface area contributed by atoms with Gasteiger partial charge in [-0.15, -0.1) is 0 Å². The van der Waals surface area contributed by atoms with Crippen LogP contribution in [-0.4, -0.2) is 34.1 Å². The van der Waals surface area contributed by atoms with Crippen molar-refractivity contribution < 1.29 is 14.2 Å². The van der Waals surface area contributed by atoms with Gasteiger partial charge in [-0.05, 0) is 67.9 Å². The number of methoxy groups -OCH3 is 1. The lowest BCUT2D eigenvalue weighted by Crippen LogP contribution is -1.98. The van der Waals surface area contributed by atoms with Crippen molar-refractivity contribution in [2.45, 2.75) is 13.8 Å². The molecule has 0 radical (unpaired) electrons.